The van der Waals surface area contributed by atoms with Crippen LogP contribution in [0, 0.1) is 0 Å². The second-order valence-corrected chi connectivity index (χ2v) is 4.46. The van der Waals surface area contributed by atoms with Crippen LogP contribution in [0.1, 0.15) is 18.2 Å². The molecule has 0 radical (unpaired) electrons. The molecular weight excluding hydrogens is 232 g/mol. The molecule has 1 fully saturated rings. The number of hydrogen-bond donors (Lipinski definition) is 2. The number of pyridine rings is 1. The van der Waals surface area contributed by atoms with Crippen molar-refractivity contribution in [3.8, 4) is 0 Å². The fourth-order valence-corrected chi connectivity index (χ4v) is 2.11. The third-order valence-corrected chi connectivity index (χ3v) is 3.14. The Balaban J connectivity index is 2.20. The Kier molecular flexibility index (Phi) is 4.52. The molecule has 0 amide bonds. The molecule has 1 saturated heterocycles. The molecule has 1 unspecified atom stereocenters. The first-order chi connectivity index (χ1) is 8.76. The minimum Gasteiger partial charge on any atom is -0.394 e. The van der Waals surface area contributed by atoms with E-state index < -0.39 is 0 Å². The number of ether oxygens (including phenoxy) is 1. The Morgan fingerprint density at radius 3 is 2.94 bits per heavy atom. The molecule has 2 heterocycles. The highest BCUT2D eigenvalue weighted by Crippen LogP contribution is 2.18. The summed E-state index contributed by atoms with van der Waals surface area (Å²) in [5, 5.41) is 18.4. The van der Waals surface area contributed by atoms with E-state index in [4.69, 9.17) is 9.84 Å². The Bertz CT molecular complexity index is 376. The van der Waals surface area contributed by atoms with Gasteiger partial charge >= 0.3 is 0 Å². The lowest BCUT2D eigenvalue weighted by Crippen LogP contribution is -2.44. The summed E-state index contributed by atoms with van der Waals surface area (Å²) in [6.45, 7) is 4.09. The molecule has 1 aliphatic heterocycles. The SMILES string of the molecule is CCc1cc(CO)cc(N2CCOC(CO)C2)n1. The van der Waals surface area contributed by atoms with Crippen molar-refractivity contribution in [1.29, 1.82) is 0 Å². The molecule has 0 spiro atoms. The average molecular weight is 252 g/mol. The third-order valence-electron chi connectivity index (χ3n) is 3.14. The first kappa shape index (κ1) is 13.3. The van der Waals surface area contributed by atoms with E-state index in [-0.39, 0.29) is 19.3 Å². The van der Waals surface area contributed by atoms with Crippen LogP contribution in [0.3, 0.4) is 0 Å². The summed E-state index contributed by atoms with van der Waals surface area (Å²) in [6.07, 6.45) is 0.692. The number of hydrogen-bond acceptors (Lipinski definition) is 5. The van der Waals surface area contributed by atoms with E-state index in [1.807, 2.05) is 19.1 Å². The summed E-state index contributed by atoms with van der Waals surface area (Å²) >= 11 is 0. The van der Waals surface area contributed by atoms with Gasteiger partial charge in [-0.05, 0) is 24.1 Å². The van der Waals surface area contributed by atoms with Gasteiger partial charge in [0.25, 0.3) is 0 Å². The van der Waals surface area contributed by atoms with Crippen LogP contribution >= 0.6 is 0 Å². The minimum atomic E-state index is -0.150. The van der Waals surface area contributed by atoms with Gasteiger partial charge in [-0.2, -0.15) is 0 Å². The van der Waals surface area contributed by atoms with E-state index in [9.17, 15) is 5.11 Å². The van der Waals surface area contributed by atoms with Gasteiger partial charge in [-0.1, -0.05) is 6.92 Å². The topological polar surface area (TPSA) is 65.8 Å². The summed E-state index contributed by atoms with van der Waals surface area (Å²) < 4.78 is 5.42. The van der Waals surface area contributed by atoms with E-state index in [1.54, 1.807) is 0 Å². The van der Waals surface area contributed by atoms with E-state index in [0.717, 1.165) is 30.0 Å². The highest BCUT2D eigenvalue weighted by Gasteiger charge is 2.21. The van der Waals surface area contributed by atoms with Crippen LogP contribution < -0.4 is 4.90 Å². The zero-order chi connectivity index (χ0) is 13.0. The van der Waals surface area contributed by atoms with Crippen molar-refractivity contribution in [2.45, 2.75) is 26.1 Å². The first-order valence-corrected chi connectivity index (χ1v) is 6.35. The van der Waals surface area contributed by atoms with Crippen LogP contribution in [0.15, 0.2) is 12.1 Å². The number of aromatic nitrogens is 1. The zero-order valence-electron chi connectivity index (χ0n) is 10.7. The van der Waals surface area contributed by atoms with Crippen LogP contribution in [0.4, 0.5) is 5.82 Å². The maximum absolute atomic E-state index is 9.27. The van der Waals surface area contributed by atoms with Crippen molar-refractivity contribution in [1.82, 2.24) is 4.98 Å². The molecule has 5 nitrogen and oxygen atoms in total. The van der Waals surface area contributed by atoms with Gasteiger partial charge in [-0.25, -0.2) is 4.98 Å². The molecule has 100 valence electrons. The van der Waals surface area contributed by atoms with E-state index in [0.29, 0.717) is 13.2 Å². The Morgan fingerprint density at radius 2 is 2.28 bits per heavy atom. The number of aliphatic hydroxyl groups is 2. The standard InChI is InChI=1S/C13H20N2O3/c1-2-11-5-10(8-16)6-13(14-11)15-3-4-18-12(7-15)9-17/h5-6,12,16-17H,2-4,7-9H2,1H3. The van der Waals surface area contributed by atoms with E-state index >= 15 is 0 Å². The Morgan fingerprint density at radius 1 is 1.44 bits per heavy atom. The van der Waals surface area contributed by atoms with Crippen molar-refractivity contribution < 1.29 is 14.9 Å². The lowest BCUT2D eigenvalue weighted by Gasteiger charge is -2.33. The molecule has 2 N–H and O–H groups in total. The lowest BCUT2D eigenvalue weighted by atomic mass is 10.2. The fourth-order valence-electron chi connectivity index (χ4n) is 2.11. The molecular formula is C13H20N2O3. The van der Waals surface area contributed by atoms with Gasteiger partial charge < -0.3 is 19.8 Å². The molecule has 0 aliphatic carbocycles. The second-order valence-electron chi connectivity index (χ2n) is 4.46. The summed E-state index contributed by atoms with van der Waals surface area (Å²) in [5.41, 5.74) is 1.85. The van der Waals surface area contributed by atoms with Crippen molar-refractivity contribution in [2.75, 3.05) is 31.2 Å². The summed E-state index contributed by atoms with van der Waals surface area (Å²) in [7, 11) is 0. The Labute approximate surface area is 107 Å². The van der Waals surface area contributed by atoms with E-state index in [2.05, 4.69) is 9.88 Å². The zero-order valence-corrected chi connectivity index (χ0v) is 10.7. The number of nitrogens with zero attached hydrogens (tertiary/aromatic N) is 2. The monoisotopic (exact) mass is 252 g/mol. The quantitative estimate of drug-likeness (QED) is 0.808. The van der Waals surface area contributed by atoms with E-state index in [1.165, 1.54) is 0 Å². The van der Waals surface area contributed by atoms with Crippen molar-refractivity contribution in [3.63, 3.8) is 0 Å². The number of aliphatic hydroxyl groups excluding tert-OH is 2. The number of anilines is 1. The lowest BCUT2D eigenvalue weighted by molar-refractivity contribution is 0.00335. The molecule has 0 saturated carbocycles. The van der Waals surface area contributed by atoms with Crippen LogP contribution in [0.5, 0.6) is 0 Å². The third kappa shape index (κ3) is 2.98. The fraction of sp³-hybridized carbons (Fsp3) is 0.615. The average Bonchev–Trinajstić information content (AvgIpc) is 2.46. The summed E-state index contributed by atoms with van der Waals surface area (Å²) in [4.78, 5) is 6.67. The number of aryl methyl sites for hydroxylation is 1. The summed E-state index contributed by atoms with van der Waals surface area (Å²) in [5.74, 6) is 0.861. The van der Waals surface area contributed by atoms with Gasteiger partial charge in [0.05, 0.1) is 25.9 Å². The molecule has 2 rings (SSSR count). The summed E-state index contributed by atoms with van der Waals surface area (Å²) in [6, 6.07) is 3.83. The molecule has 0 bridgehead atoms. The Hall–Kier alpha value is -1.17. The largest absolute Gasteiger partial charge is 0.394 e. The number of rotatable bonds is 4. The van der Waals surface area contributed by atoms with Crippen LogP contribution in [-0.2, 0) is 17.8 Å². The minimum absolute atomic E-state index is 0.0241. The number of morpholine rings is 1. The van der Waals surface area contributed by atoms with Crippen LogP contribution in [0.25, 0.3) is 0 Å². The van der Waals surface area contributed by atoms with Crippen molar-refractivity contribution >= 4 is 5.82 Å². The molecule has 0 aromatic carbocycles. The maximum atomic E-state index is 9.27. The van der Waals surface area contributed by atoms with Gasteiger partial charge in [-0.15, -0.1) is 0 Å². The maximum Gasteiger partial charge on any atom is 0.129 e. The normalized spacial score (nSPS) is 20.2. The highest BCUT2D eigenvalue weighted by atomic mass is 16.5. The predicted molar refractivity (Wildman–Crippen MR) is 68.6 cm³/mol. The van der Waals surface area contributed by atoms with Gasteiger partial charge in [0, 0.05) is 18.8 Å². The smallest absolute Gasteiger partial charge is 0.129 e. The van der Waals surface area contributed by atoms with Crippen LogP contribution in [-0.4, -0.2) is 47.6 Å². The predicted octanol–water partition coefficient (Wildman–Crippen LogP) is 0.334. The molecule has 18 heavy (non-hydrogen) atoms. The van der Waals surface area contributed by atoms with Gasteiger partial charge in [0.1, 0.15) is 5.82 Å². The van der Waals surface area contributed by atoms with Gasteiger partial charge in [0.2, 0.25) is 0 Å². The van der Waals surface area contributed by atoms with Crippen molar-refractivity contribution in [3.05, 3.63) is 23.4 Å². The second kappa shape index (κ2) is 6.13. The van der Waals surface area contributed by atoms with Crippen LogP contribution in [0.2, 0.25) is 0 Å². The molecule has 1 atom stereocenters. The molecule has 1 aromatic rings. The molecule has 1 aliphatic rings. The van der Waals surface area contributed by atoms with Gasteiger partial charge in [-0.3, -0.25) is 0 Å². The molecule has 5 heteroatoms. The highest BCUT2D eigenvalue weighted by molar-refractivity contribution is 5.43. The van der Waals surface area contributed by atoms with Gasteiger partial charge in [0.15, 0.2) is 0 Å². The van der Waals surface area contributed by atoms with Crippen molar-refractivity contribution in [2.24, 2.45) is 0 Å². The first-order valence-electron chi connectivity index (χ1n) is 6.35. The molecule has 1 aromatic heterocycles.